The lowest BCUT2D eigenvalue weighted by atomic mass is 10.0. The van der Waals surface area contributed by atoms with Crippen LogP contribution in [0.4, 0.5) is 5.95 Å². The Hall–Kier alpha value is -3.15. The first-order valence-corrected chi connectivity index (χ1v) is 6.32. The molecule has 3 rings (SSSR count). The third kappa shape index (κ3) is 2.59. The van der Waals surface area contributed by atoms with E-state index < -0.39 is 0 Å². The van der Waals surface area contributed by atoms with Gasteiger partial charge in [0.25, 0.3) is 5.91 Å². The second-order valence-electron chi connectivity index (χ2n) is 4.58. The van der Waals surface area contributed by atoms with Gasteiger partial charge >= 0.3 is 0 Å². The molecule has 1 amide bonds. The van der Waals surface area contributed by atoms with Gasteiger partial charge in [0.2, 0.25) is 5.95 Å². The average molecular weight is 279 g/mol. The molecule has 0 saturated carbocycles. The van der Waals surface area contributed by atoms with Crippen molar-refractivity contribution in [3.05, 3.63) is 59.9 Å². The van der Waals surface area contributed by atoms with Gasteiger partial charge in [-0.1, -0.05) is 18.2 Å². The summed E-state index contributed by atoms with van der Waals surface area (Å²) in [6.07, 6.45) is 3.21. The van der Waals surface area contributed by atoms with Crippen LogP contribution in [0, 0.1) is 5.41 Å². The first-order valence-electron chi connectivity index (χ1n) is 6.32. The Bertz CT molecular complexity index is 823. The maximum atomic E-state index is 12.1. The highest BCUT2D eigenvalue weighted by atomic mass is 16.1. The number of carbonyl (C=O) groups excluding carboxylic acids is 1. The summed E-state index contributed by atoms with van der Waals surface area (Å²) in [5.74, 6) is 0.200. The molecule has 0 bridgehead atoms. The fraction of sp³-hybridized carbons (Fsp3) is 0. The Morgan fingerprint density at radius 2 is 1.81 bits per heavy atom. The van der Waals surface area contributed by atoms with Crippen molar-refractivity contribution in [1.82, 2.24) is 9.97 Å². The van der Waals surface area contributed by atoms with Crippen LogP contribution in [0.3, 0.4) is 0 Å². The number of H-pyrrole nitrogens is 1. The maximum absolute atomic E-state index is 12.1. The van der Waals surface area contributed by atoms with Crippen molar-refractivity contribution >= 4 is 28.5 Å². The molecule has 0 spiro atoms. The molecule has 0 aliphatic carbocycles. The van der Waals surface area contributed by atoms with Crippen molar-refractivity contribution in [2.45, 2.75) is 0 Å². The zero-order valence-corrected chi connectivity index (χ0v) is 11.1. The first kappa shape index (κ1) is 12.9. The lowest BCUT2D eigenvalue weighted by Crippen LogP contribution is -2.13. The number of hydrogen-bond donors (Lipinski definition) is 4. The van der Waals surface area contributed by atoms with Gasteiger partial charge in [0.15, 0.2) is 0 Å². The predicted octanol–water partition coefficient (Wildman–Crippen LogP) is 2.10. The molecule has 1 aromatic heterocycles. The Morgan fingerprint density at radius 3 is 2.43 bits per heavy atom. The van der Waals surface area contributed by atoms with E-state index in [1.807, 2.05) is 18.2 Å². The van der Waals surface area contributed by atoms with Crippen LogP contribution < -0.4 is 11.1 Å². The number of anilines is 1. The number of nitrogens with one attached hydrogen (secondary N) is 3. The highest BCUT2D eigenvalue weighted by Crippen LogP contribution is 2.18. The molecule has 21 heavy (non-hydrogen) atoms. The van der Waals surface area contributed by atoms with Gasteiger partial charge in [0.05, 0.1) is 0 Å². The lowest BCUT2D eigenvalue weighted by Gasteiger charge is -2.05. The van der Waals surface area contributed by atoms with E-state index in [4.69, 9.17) is 11.1 Å². The first-order chi connectivity index (χ1) is 10.1. The minimum Gasteiger partial charge on any atom is -0.384 e. The van der Waals surface area contributed by atoms with E-state index in [1.165, 1.54) is 0 Å². The molecule has 1 heterocycles. The zero-order chi connectivity index (χ0) is 14.8. The van der Waals surface area contributed by atoms with E-state index >= 15 is 0 Å². The van der Waals surface area contributed by atoms with Gasteiger partial charge in [-0.15, -0.1) is 0 Å². The quantitative estimate of drug-likeness (QED) is 0.435. The Labute approximate surface area is 120 Å². The second kappa shape index (κ2) is 5.09. The van der Waals surface area contributed by atoms with E-state index in [9.17, 15) is 4.79 Å². The highest BCUT2D eigenvalue weighted by molar-refractivity contribution is 6.06. The van der Waals surface area contributed by atoms with E-state index in [2.05, 4.69) is 15.3 Å². The second-order valence-corrected chi connectivity index (χ2v) is 4.58. The van der Waals surface area contributed by atoms with Crippen LogP contribution in [0.2, 0.25) is 0 Å². The number of aromatic amines is 1. The van der Waals surface area contributed by atoms with Crippen molar-refractivity contribution in [1.29, 1.82) is 5.41 Å². The Kier molecular flexibility index (Phi) is 3.12. The summed E-state index contributed by atoms with van der Waals surface area (Å²) in [4.78, 5) is 18.9. The fourth-order valence-corrected chi connectivity index (χ4v) is 2.07. The van der Waals surface area contributed by atoms with Gasteiger partial charge in [-0.25, -0.2) is 4.98 Å². The number of nitrogens with zero attached hydrogens (tertiary/aromatic N) is 1. The largest absolute Gasteiger partial charge is 0.384 e. The van der Waals surface area contributed by atoms with Crippen molar-refractivity contribution in [3.63, 3.8) is 0 Å². The molecule has 0 radical (unpaired) electrons. The number of hydrogen-bond acceptors (Lipinski definition) is 3. The Balaban J connectivity index is 1.92. The molecular formula is C15H13N5O. The third-order valence-electron chi connectivity index (χ3n) is 3.14. The minimum absolute atomic E-state index is 0.0246. The van der Waals surface area contributed by atoms with E-state index in [1.54, 1.807) is 30.6 Å². The number of carbonyl (C=O) groups is 1. The van der Waals surface area contributed by atoms with Gasteiger partial charge < -0.3 is 10.7 Å². The van der Waals surface area contributed by atoms with E-state index in [0.717, 1.165) is 10.8 Å². The molecule has 5 N–H and O–H groups in total. The maximum Gasteiger partial charge on any atom is 0.257 e. The number of nitrogens with two attached hydrogens (primary N) is 1. The number of fused-ring (bicyclic) bond motifs is 1. The summed E-state index contributed by atoms with van der Waals surface area (Å²) in [5.41, 5.74) is 6.67. The summed E-state index contributed by atoms with van der Waals surface area (Å²) in [6.45, 7) is 0. The molecule has 6 nitrogen and oxygen atoms in total. The standard InChI is InChI=1S/C15H13N5O/c16-13(17)11-3-1-10-8-12(4-2-9(10)7-11)14(21)20-15-18-5-6-19-15/h1-8H,(H3,16,17)(H2,18,19,20,21). The van der Waals surface area contributed by atoms with Crippen LogP contribution in [0.1, 0.15) is 15.9 Å². The van der Waals surface area contributed by atoms with Crippen molar-refractivity contribution < 1.29 is 4.79 Å². The molecule has 0 aliphatic heterocycles. The summed E-state index contributed by atoms with van der Waals surface area (Å²) < 4.78 is 0. The molecule has 0 fully saturated rings. The van der Waals surface area contributed by atoms with Crippen LogP contribution in [0.5, 0.6) is 0 Å². The molecule has 0 atom stereocenters. The molecule has 2 aromatic carbocycles. The Morgan fingerprint density at radius 1 is 1.14 bits per heavy atom. The molecule has 0 unspecified atom stereocenters. The van der Waals surface area contributed by atoms with Crippen LogP contribution >= 0.6 is 0 Å². The number of nitrogen functional groups attached to an aromatic ring is 1. The molecule has 3 aromatic rings. The molecule has 0 saturated heterocycles. The third-order valence-corrected chi connectivity index (χ3v) is 3.14. The van der Waals surface area contributed by atoms with E-state index in [-0.39, 0.29) is 11.7 Å². The smallest absolute Gasteiger partial charge is 0.257 e. The molecule has 104 valence electrons. The van der Waals surface area contributed by atoms with Crippen LogP contribution in [0.15, 0.2) is 48.8 Å². The normalized spacial score (nSPS) is 10.5. The SMILES string of the molecule is N=C(N)c1ccc2cc(C(=O)Nc3ncc[nH]3)ccc2c1. The molecular weight excluding hydrogens is 266 g/mol. The minimum atomic E-state index is -0.234. The van der Waals surface area contributed by atoms with Gasteiger partial charge in [-0.3, -0.25) is 15.5 Å². The van der Waals surface area contributed by atoms with Crippen molar-refractivity contribution in [2.24, 2.45) is 5.73 Å². The number of aromatic nitrogens is 2. The number of rotatable bonds is 3. The summed E-state index contributed by atoms with van der Waals surface area (Å²) in [5, 5.41) is 11.9. The number of amides is 1. The lowest BCUT2D eigenvalue weighted by molar-refractivity contribution is 0.102. The molecule has 6 heteroatoms. The summed E-state index contributed by atoms with van der Waals surface area (Å²) in [6, 6.07) is 10.8. The van der Waals surface area contributed by atoms with Gasteiger partial charge in [0, 0.05) is 23.5 Å². The van der Waals surface area contributed by atoms with E-state index in [0.29, 0.717) is 17.1 Å². The van der Waals surface area contributed by atoms with Gasteiger partial charge in [-0.2, -0.15) is 0 Å². The van der Waals surface area contributed by atoms with Crippen LogP contribution in [0.25, 0.3) is 10.8 Å². The topological polar surface area (TPSA) is 108 Å². The van der Waals surface area contributed by atoms with Gasteiger partial charge in [-0.05, 0) is 29.0 Å². The fourth-order valence-electron chi connectivity index (χ4n) is 2.07. The number of imidazole rings is 1. The van der Waals surface area contributed by atoms with Crippen LogP contribution in [-0.4, -0.2) is 21.7 Å². The molecule has 0 aliphatic rings. The number of amidine groups is 1. The summed E-state index contributed by atoms with van der Waals surface area (Å²) in [7, 11) is 0. The predicted molar refractivity (Wildman–Crippen MR) is 81.5 cm³/mol. The average Bonchev–Trinajstić information content (AvgIpc) is 2.99. The van der Waals surface area contributed by atoms with Crippen molar-refractivity contribution in [2.75, 3.05) is 5.32 Å². The monoisotopic (exact) mass is 279 g/mol. The number of benzene rings is 2. The van der Waals surface area contributed by atoms with Crippen LogP contribution in [-0.2, 0) is 0 Å². The summed E-state index contributed by atoms with van der Waals surface area (Å²) >= 11 is 0. The van der Waals surface area contributed by atoms with Crippen molar-refractivity contribution in [3.8, 4) is 0 Å². The van der Waals surface area contributed by atoms with Gasteiger partial charge in [0.1, 0.15) is 5.84 Å². The zero-order valence-electron chi connectivity index (χ0n) is 11.1. The highest BCUT2D eigenvalue weighted by Gasteiger charge is 2.08.